The van der Waals surface area contributed by atoms with Gasteiger partial charge in [-0.3, -0.25) is 0 Å². The first-order chi connectivity index (χ1) is 12.5. The molecule has 1 aromatic heterocycles. The number of rotatable bonds is 4. The number of benzene rings is 1. The molecule has 0 bridgehead atoms. The fraction of sp³-hybridized carbons (Fsp3) is 0.368. The van der Waals surface area contributed by atoms with Gasteiger partial charge in [0, 0.05) is 25.1 Å². The van der Waals surface area contributed by atoms with Crippen LogP contribution in [0.4, 0.5) is 5.82 Å². The number of aromatic carboxylic acids is 1. The summed E-state index contributed by atoms with van der Waals surface area (Å²) in [7, 11) is 0. The van der Waals surface area contributed by atoms with E-state index in [4.69, 9.17) is 11.6 Å². The highest BCUT2D eigenvalue weighted by Gasteiger charge is 2.71. The second-order valence-electron chi connectivity index (χ2n) is 6.99. The number of pyridine rings is 1. The lowest BCUT2D eigenvalue weighted by Crippen LogP contribution is -2.23. The van der Waals surface area contributed by atoms with E-state index in [1.54, 1.807) is 6.07 Å². The summed E-state index contributed by atoms with van der Waals surface area (Å²) in [4.78, 5) is 17.3. The van der Waals surface area contributed by atoms with Crippen LogP contribution in [0.1, 0.15) is 22.0 Å². The minimum atomic E-state index is -1.19. The Morgan fingerprint density at radius 2 is 2.00 bits per heavy atom. The molecule has 2 heterocycles. The van der Waals surface area contributed by atoms with Crippen LogP contribution in [0.5, 0.6) is 0 Å². The maximum atomic E-state index is 11.3. The summed E-state index contributed by atoms with van der Waals surface area (Å²) in [6.07, 6.45) is -0.629. The Bertz CT molecular complexity index is 847. The second-order valence-corrected chi connectivity index (χ2v) is 7.40. The summed E-state index contributed by atoms with van der Waals surface area (Å²) in [6.45, 7) is 0.846. The molecule has 7 heteroatoms. The molecule has 136 valence electrons. The molecule has 1 aliphatic carbocycles. The van der Waals surface area contributed by atoms with Crippen molar-refractivity contribution in [3.05, 3.63) is 58.7 Å². The molecule has 1 spiro atoms. The first-order valence-electron chi connectivity index (χ1n) is 8.47. The van der Waals surface area contributed by atoms with Crippen molar-refractivity contribution in [2.45, 2.75) is 12.0 Å². The Kier molecular flexibility index (Phi) is 4.14. The van der Waals surface area contributed by atoms with Gasteiger partial charge in [-0.1, -0.05) is 41.9 Å². The first kappa shape index (κ1) is 17.3. The predicted octanol–water partition coefficient (Wildman–Crippen LogP) is 2.01. The Hall–Kier alpha value is -2.15. The van der Waals surface area contributed by atoms with Crippen molar-refractivity contribution >= 4 is 23.4 Å². The van der Waals surface area contributed by atoms with Crippen LogP contribution in [-0.4, -0.2) is 52.1 Å². The molecule has 3 N–H and O–H groups in total. The normalized spacial score (nSPS) is 30.0. The molecule has 26 heavy (non-hydrogen) atoms. The minimum absolute atomic E-state index is 0.00111. The van der Waals surface area contributed by atoms with Crippen LogP contribution in [-0.2, 0) is 0 Å². The van der Waals surface area contributed by atoms with E-state index in [0.29, 0.717) is 18.9 Å². The minimum Gasteiger partial charge on any atom is -0.476 e. The second kappa shape index (κ2) is 6.23. The van der Waals surface area contributed by atoms with Crippen molar-refractivity contribution in [2.75, 3.05) is 24.6 Å². The zero-order valence-electron chi connectivity index (χ0n) is 13.9. The summed E-state index contributed by atoms with van der Waals surface area (Å²) >= 11 is 5.90. The molecule has 4 rings (SSSR count). The Labute approximate surface area is 155 Å². The molecule has 4 atom stereocenters. The van der Waals surface area contributed by atoms with E-state index in [1.807, 2.05) is 35.2 Å². The molecule has 1 aromatic carbocycles. The number of nitrogens with zero attached hydrogens (tertiary/aromatic N) is 2. The number of carbonyl (C=O) groups is 1. The maximum Gasteiger partial charge on any atom is 0.356 e. The van der Waals surface area contributed by atoms with Gasteiger partial charge in [-0.25, -0.2) is 9.78 Å². The predicted molar refractivity (Wildman–Crippen MR) is 96.6 cm³/mol. The molecule has 6 nitrogen and oxygen atoms in total. The third kappa shape index (κ3) is 2.48. The van der Waals surface area contributed by atoms with Gasteiger partial charge in [0.1, 0.15) is 5.82 Å². The van der Waals surface area contributed by atoms with Crippen LogP contribution < -0.4 is 4.90 Å². The van der Waals surface area contributed by atoms with Gasteiger partial charge in [0.15, 0.2) is 5.69 Å². The lowest BCUT2D eigenvalue weighted by molar-refractivity contribution is 0.0691. The number of aromatic nitrogens is 1. The quantitative estimate of drug-likeness (QED) is 0.758. The van der Waals surface area contributed by atoms with E-state index >= 15 is 0 Å². The van der Waals surface area contributed by atoms with E-state index in [0.717, 1.165) is 5.56 Å². The average molecular weight is 375 g/mol. The van der Waals surface area contributed by atoms with Gasteiger partial charge in [0.05, 0.1) is 11.1 Å². The summed E-state index contributed by atoms with van der Waals surface area (Å²) < 4.78 is 0. The number of halogens is 1. The third-order valence-corrected chi connectivity index (χ3v) is 6.06. The maximum absolute atomic E-state index is 11.3. The highest BCUT2D eigenvalue weighted by Crippen LogP contribution is 2.68. The van der Waals surface area contributed by atoms with Crippen molar-refractivity contribution in [1.82, 2.24) is 4.98 Å². The average Bonchev–Trinajstić information content (AvgIpc) is 3.17. The standard InChI is InChI=1S/C19H19ClN2O4/c20-13-6-7-15(21-17(13)18(25)26)22-8-14(24)19(10-22)12(9-23)16(19)11-4-2-1-3-5-11/h1-7,12,14,16,23-24H,8-10H2,(H,25,26)/t12-,14+,16-,19-/m1/s1. The smallest absolute Gasteiger partial charge is 0.356 e. The number of hydrogen-bond acceptors (Lipinski definition) is 5. The SMILES string of the molecule is O=C(O)c1nc(N2C[C@H](O)[C@@]3(C2)[C@H](CO)[C@H]3c2ccccc2)ccc1Cl. The van der Waals surface area contributed by atoms with Crippen LogP contribution >= 0.6 is 11.6 Å². The molecule has 0 radical (unpaired) electrons. The molecule has 0 unspecified atom stereocenters. The van der Waals surface area contributed by atoms with Crippen molar-refractivity contribution in [2.24, 2.45) is 11.3 Å². The molecule has 2 aromatic rings. The van der Waals surface area contributed by atoms with E-state index in [2.05, 4.69) is 4.98 Å². The fourth-order valence-electron chi connectivity index (χ4n) is 4.50. The molecular formula is C19H19ClN2O4. The molecule has 1 saturated heterocycles. The lowest BCUT2D eigenvalue weighted by atomic mass is 9.95. The Morgan fingerprint density at radius 3 is 2.65 bits per heavy atom. The van der Waals surface area contributed by atoms with E-state index < -0.39 is 17.5 Å². The van der Waals surface area contributed by atoms with Gasteiger partial charge < -0.3 is 20.2 Å². The van der Waals surface area contributed by atoms with Crippen LogP contribution in [0.25, 0.3) is 0 Å². The van der Waals surface area contributed by atoms with Crippen molar-refractivity contribution in [3.63, 3.8) is 0 Å². The number of hydrogen-bond donors (Lipinski definition) is 3. The lowest BCUT2D eigenvalue weighted by Gasteiger charge is -2.18. The van der Waals surface area contributed by atoms with Crippen molar-refractivity contribution in [3.8, 4) is 0 Å². The van der Waals surface area contributed by atoms with Crippen LogP contribution in [0, 0.1) is 11.3 Å². The van der Waals surface area contributed by atoms with E-state index in [1.165, 1.54) is 6.07 Å². The van der Waals surface area contributed by atoms with Crippen molar-refractivity contribution in [1.29, 1.82) is 0 Å². The molecular weight excluding hydrogens is 356 g/mol. The van der Waals surface area contributed by atoms with Gasteiger partial charge in [-0.2, -0.15) is 0 Å². The molecule has 0 amide bonds. The van der Waals surface area contributed by atoms with Crippen molar-refractivity contribution < 1.29 is 20.1 Å². The molecule has 2 aliphatic rings. The topological polar surface area (TPSA) is 93.9 Å². The Morgan fingerprint density at radius 1 is 1.27 bits per heavy atom. The largest absolute Gasteiger partial charge is 0.476 e. The van der Waals surface area contributed by atoms with E-state index in [9.17, 15) is 20.1 Å². The zero-order chi connectivity index (χ0) is 18.5. The molecule has 1 aliphatic heterocycles. The number of carboxylic acids is 1. The highest BCUT2D eigenvalue weighted by atomic mass is 35.5. The van der Waals surface area contributed by atoms with Crippen LogP contribution in [0.3, 0.4) is 0 Å². The van der Waals surface area contributed by atoms with E-state index in [-0.39, 0.29) is 29.2 Å². The summed E-state index contributed by atoms with van der Waals surface area (Å²) in [5.74, 6) is -0.678. The van der Waals surface area contributed by atoms with Gasteiger partial charge in [-0.15, -0.1) is 0 Å². The van der Waals surface area contributed by atoms with Crippen LogP contribution in [0.2, 0.25) is 5.02 Å². The summed E-state index contributed by atoms with van der Waals surface area (Å²) in [6, 6.07) is 13.0. The number of aliphatic hydroxyl groups excluding tert-OH is 2. The Balaban J connectivity index is 1.64. The number of β-amino-alcohol motifs (C(OH)–C–C–N with tert-alkyl or cyclic N) is 1. The molecule has 2 fully saturated rings. The molecule has 1 saturated carbocycles. The van der Waals surface area contributed by atoms with Gasteiger partial charge in [0.2, 0.25) is 0 Å². The van der Waals surface area contributed by atoms with Crippen LogP contribution in [0.15, 0.2) is 42.5 Å². The highest BCUT2D eigenvalue weighted by molar-refractivity contribution is 6.33. The van der Waals surface area contributed by atoms with Gasteiger partial charge in [0.25, 0.3) is 0 Å². The number of aliphatic hydroxyl groups is 2. The van der Waals surface area contributed by atoms with Gasteiger partial charge in [-0.05, 0) is 29.5 Å². The monoisotopic (exact) mass is 374 g/mol. The third-order valence-electron chi connectivity index (χ3n) is 5.75. The number of carboxylic acid groups (broad SMARTS) is 1. The fourth-order valence-corrected chi connectivity index (χ4v) is 4.69. The van der Waals surface area contributed by atoms with Gasteiger partial charge >= 0.3 is 5.97 Å². The first-order valence-corrected chi connectivity index (χ1v) is 8.85. The summed E-state index contributed by atoms with van der Waals surface area (Å²) in [5, 5.41) is 29.9. The zero-order valence-corrected chi connectivity index (χ0v) is 14.7. The number of anilines is 1. The summed E-state index contributed by atoms with van der Waals surface area (Å²) in [5.41, 5.74) is 0.456.